The van der Waals surface area contributed by atoms with Crippen molar-refractivity contribution in [2.45, 2.75) is 13.8 Å². The molecule has 11 heavy (non-hydrogen) atoms. The average Bonchev–Trinajstić information content (AvgIpc) is 1.97. The number of hydrogen-bond acceptors (Lipinski definition) is 1. The van der Waals surface area contributed by atoms with Gasteiger partial charge in [-0.05, 0) is 19.9 Å². The van der Waals surface area contributed by atoms with Crippen molar-refractivity contribution in [3.63, 3.8) is 0 Å². The van der Waals surface area contributed by atoms with Crippen LogP contribution in [0.2, 0.25) is 0 Å². The Balaban J connectivity index is 4.45. The first-order chi connectivity index (χ1) is 5.22. The van der Waals surface area contributed by atoms with Gasteiger partial charge < -0.3 is 5.73 Å². The van der Waals surface area contributed by atoms with Crippen LogP contribution in [0.3, 0.4) is 0 Å². The minimum atomic E-state index is -0.402. The summed E-state index contributed by atoms with van der Waals surface area (Å²) in [5.41, 5.74) is 5.59. The molecule has 0 aromatic heterocycles. The molecule has 0 aliphatic heterocycles. The second kappa shape index (κ2) is 5.47. The SMILES string of the molecule is C\C=C/C=C(\C=C/C)C(N)=O. The summed E-state index contributed by atoms with van der Waals surface area (Å²) in [6.07, 6.45) is 8.76. The van der Waals surface area contributed by atoms with Crippen LogP contribution in [0.4, 0.5) is 0 Å². The van der Waals surface area contributed by atoms with E-state index in [4.69, 9.17) is 5.73 Å². The van der Waals surface area contributed by atoms with E-state index in [9.17, 15) is 4.79 Å². The van der Waals surface area contributed by atoms with Gasteiger partial charge in [0.2, 0.25) is 5.91 Å². The lowest BCUT2D eigenvalue weighted by atomic mass is 10.2. The molecule has 0 aromatic rings. The number of rotatable bonds is 3. The normalized spacial score (nSPS) is 13.1. The molecular formula is C9H13NO. The topological polar surface area (TPSA) is 43.1 Å². The van der Waals surface area contributed by atoms with Crippen molar-refractivity contribution in [3.8, 4) is 0 Å². The van der Waals surface area contributed by atoms with E-state index in [0.717, 1.165) is 0 Å². The van der Waals surface area contributed by atoms with Gasteiger partial charge in [-0.1, -0.05) is 24.3 Å². The molecule has 2 heteroatoms. The summed E-state index contributed by atoms with van der Waals surface area (Å²) in [5.74, 6) is -0.402. The maximum absolute atomic E-state index is 10.7. The Morgan fingerprint density at radius 2 is 1.91 bits per heavy atom. The fourth-order valence-corrected chi connectivity index (χ4v) is 0.599. The van der Waals surface area contributed by atoms with Crippen molar-refractivity contribution < 1.29 is 4.79 Å². The fourth-order valence-electron chi connectivity index (χ4n) is 0.599. The number of carbonyl (C=O) groups is 1. The van der Waals surface area contributed by atoms with Crippen molar-refractivity contribution in [2.24, 2.45) is 5.73 Å². The maximum atomic E-state index is 10.7. The molecule has 0 rings (SSSR count). The van der Waals surface area contributed by atoms with Crippen LogP contribution in [-0.4, -0.2) is 5.91 Å². The first-order valence-corrected chi connectivity index (χ1v) is 3.47. The van der Waals surface area contributed by atoms with E-state index in [1.807, 2.05) is 19.9 Å². The lowest BCUT2D eigenvalue weighted by molar-refractivity contribution is -0.114. The molecule has 0 aliphatic carbocycles. The molecule has 0 bridgehead atoms. The summed E-state index contributed by atoms with van der Waals surface area (Å²) in [4.78, 5) is 10.7. The smallest absolute Gasteiger partial charge is 0.248 e. The molecule has 2 N–H and O–H groups in total. The Labute approximate surface area is 67.1 Å². The van der Waals surface area contributed by atoms with Gasteiger partial charge in [-0.2, -0.15) is 0 Å². The molecule has 0 heterocycles. The zero-order chi connectivity index (χ0) is 8.69. The Morgan fingerprint density at radius 3 is 2.27 bits per heavy atom. The van der Waals surface area contributed by atoms with Crippen LogP contribution < -0.4 is 5.73 Å². The van der Waals surface area contributed by atoms with Crippen molar-refractivity contribution in [3.05, 3.63) is 36.0 Å². The fraction of sp³-hybridized carbons (Fsp3) is 0.222. The second-order valence-electron chi connectivity index (χ2n) is 2.01. The maximum Gasteiger partial charge on any atom is 0.248 e. The number of allylic oxidation sites excluding steroid dienone is 4. The number of carbonyl (C=O) groups excluding carboxylic acids is 1. The first-order valence-electron chi connectivity index (χ1n) is 3.47. The number of primary amides is 1. The van der Waals surface area contributed by atoms with Gasteiger partial charge in [-0.3, -0.25) is 4.79 Å². The summed E-state index contributed by atoms with van der Waals surface area (Å²) in [7, 11) is 0. The third-order valence-corrected chi connectivity index (χ3v) is 1.10. The summed E-state index contributed by atoms with van der Waals surface area (Å²) >= 11 is 0. The molecule has 2 nitrogen and oxygen atoms in total. The zero-order valence-corrected chi connectivity index (χ0v) is 6.87. The highest BCUT2D eigenvalue weighted by Gasteiger charge is 1.95. The molecule has 60 valence electrons. The van der Waals surface area contributed by atoms with E-state index in [0.29, 0.717) is 5.57 Å². The van der Waals surface area contributed by atoms with E-state index in [1.54, 1.807) is 24.3 Å². The molecule has 0 radical (unpaired) electrons. The van der Waals surface area contributed by atoms with E-state index < -0.39 is 5.91 Å². The Hall–Kier alpha value is -1.31. The molecule has 0 aliphatic rings. The molecule has 1 amide bonds. The zero-order valence-electron chi connectivity index (χ0n) is 6.87. The summed E-state index contributed by atoms with van der Waals surface area (Å²) < 4.78 is 0. The van der Waals surface area contributed by atoms with Gasteiger partial charge in [0.1, 0.15) is 0 Å². The third-order valence-electron chi connectivity index (χ3n) is 1.10. The van der Waals surface area contributed by atoms with Gasteiger partial charge in [-0.25, -0.2) is 0 Å². The number of nitrogens with two attached hydrogens (primary N) is 1. The molecule has 0 aromatic carbocycles. The van der Waals surface area contributed by atoms with Gasteiger partial charge in [0.05, 0.1) is 0 Å². The van der Waals surface area contributed by atoms with E-state index in [-0.39, 0.29) is 0 Å². The van der Waals surface area contributed by atoms with E-state index >= 15 is 0 Å². The van der Waals surface area contributed by atoms with Gasteiger partial charge in [0, 0.05) is 5.57 Å². The van der Waals surface area contributed by atoms with Crippen molar-refractivity contribution in [1.82, 2.24) is 0 Å². The highest BCUT2D eigenvalue weighted by atomic mass is 16.1. The van der Waals surface area contributed by atoms with E-state index in [2.05, 4.69) is 0 Å². The van der Waals surface area contributed by atoms with Crippen molar-refractivity contribution in [1.29, 1.82) is 0 Å². The lowest BCUT2D eigenvalue weighted by Crippen LogP contribution is -2.12. The molecule has 0 saturated heterocycles. The predicted octanol–water partition coefficient (Wildman–Crippen LogP) is 1.55. The van der Waals surface area contributed by atoms with Crippen LogP contribution in [-0.2, 0) is 4.79 Å². The quantitative estimate of drug-likeness (QED) is 0.482. The second-order valence-corrected chi connectivity index (χ2v) is 2.01. The monoisotopic (exact) mass is 151 g/mol. The predicted molar refractivity (Wildman–Crippen MR) is 46.9 cm³/mol. The van der Waals surface area contributed by atoms with Crippen LogP contribution in [0.15, 0.2) is 36.0 Å². The minimum Gasteiger partial charge on any atom is -0.366 e. The molecule has 0 spiro atoms. The lowest BCUT2D eigenvalue weighted by Gasteiger charge is -1.91. The van der Waals surface area contributed by atoms with Gasteiger partial charge in [0.15, 0.2) is 0 Å². The van der Waals surface area contributed by atoms with Crippen LogP contribution >= 0.6 is 0 Å². The first kappa shape index (κ1) is 9.69. The van der Waals surface area contributed by atoms with Crippen molar-refractivity contribution in [2.75, 3.05) is 0 Å². The Kier molecular flexibility index (Phi) is 4.82. The Bertz CT molecular complexity index is 212. The average molecular weight is 151 g/mol. The van der Waals surface area contributed by atoms with Gasteiger partial charge >= 0.3 is 0 Å². The Morgan fingerprint density at radius 1 is 1.27 bits per heavy atom. The van der Waals surface area contributed by atoms with E-state index in [1.165, 1.54) is 0 Å². The van der Waals surface area contributed by atoms with Crippen LogP contribution in [0.25, 0.3) is 0 Å². The molecule has 0 atom stereocenters. The number of hydrogen-bond donors (Lipinski definition) is 1. The van der Waals surface area contributed by atoms with Crippen LogP contribution in [0.5, 0.6) is 0 Å². The van der Waals surface area contributed by atoms with Crippen LogP contribution in [0.1, 0.15) is 13.8 Å². The summed E-state index contributed by atoms with van der Waals surface area (Å²) in [5, 5.41) is 0. The highest BCUT2D eigenvalue weighted by molar-refractivity contribution is 5.95. The molecule has 0 fully saturated rings. The third kappa shape index (κ3) is 4.14. The van der Waals surface area contributed by atoms with Gasteiger partial charge in [-0.15, -0.1) is 0 Å². The summed E-state index contributed by atoms with van der Waals surface area (Å²) in [6.45, 7) is 3.72. The molecule has 0 unspecified atom stereocenters. The highest BCUT2D eigenvalue weighted by Crippen LogP contribution is 1.95. The molecule has 0 saturated carbocycles. The minimum absolute atomic E-state index is 0.402. The molecular weight excluding hydrogens is 138 g/mol. The number of amides is 1. The van der Waals surface area contributed by atoms with Gasteiger partial charge in [0.25, 0.3) is 0 Å². The summed E-state index contributed by atoms with van der Waals surface area (Å²) in [6, 6.07) is 0. The largest absolute Gasteiger partial charge is 0.366 e. The van der Waals surface area contributed by atoms with Crippen LogP contribution in [0, 0.1) is 0 Å². The standard InChI is InChI=1S/C9H13NO/c1-3-5-7-8(6-4-2)9(10)11/h3-7H,1-2H3,(H2,10,11)/b5-3-,6-4-,8-7+. The van der Waals surface area contributed by atoms with Crippen molar-refractivity contribution >= 4 is 5.91 Å².